The van der Waals surface area contributed by atoms with E-state index in [1.54, 1.807) is 12.1 Å². The lowest BCUT2D eigenvalue weighted by Gasteiger charge is -2.30. The van der Waals surface area contributed by atoms with Crippen LogP contribution in [0.15, 0.2) is 24.3 Å². The summed E-state index contributed by atoms with van der Waals surface area (Å²) in [5, 5.41) is 3.54. The molecule has 0 aromatic heterocycles. The normalized spacial score (nSPS) is 25.4. The van der Waals surface area contributed by atoms with Gasteiger partial charge in [-0.2, -0.15) is 13.2 Å². The van der Waals surface area contributed by atoms with Gasteiger partial charge in [0, 0.05) is 12.1 Å². The molecule has 1 aromatic carbocycles. The highest BCUT2D eigenvalue weighted by Crippen LogP contribution is 2.30. The van der Waals surface area contributed by atoms with E-state index < -0.39 is 11.7 Å². The van der Waals surface area contributed by atoms with Gasteiger partial charge in [-0.05, 0) is 43.4 Å². The Morgan fingerprint density at radius 2 is 1.80 bits per heavy atom. The Morgan fingerprint density at radius 1 is 1.15 bits per heavy atom. The van der Waals surface area contributed by atoms with Crippen LogP contribution in [0.5, 0.6) is 0 Å². The van der Waals surface area contributed by atoms with E-state index in [0.29, 0.717) is 6.04 Å². The SMILES string of the molecule is CC1CCCC(NC(C)c2ccc(C(F)(F)F)cc2)C1. The highest BCUT2D eigenvalue weighted by molar-refractivity contribution is 5.26. The monoisotopic (exact) mass is 285 g/mol. The molecule has 2 rings (SSSR count). The van der Waals surface area contributed by atoms with Gasteiger partial charge in [-0.15, -0.1) is 0 Å². The standard InChI is InChI=1S/C16H22F3N/c1-11-4-3-5-15(10-11)20-12(2)13-6-8-14(9-7-13)16(17,18)19/h6-9,11-12,15,20H,3-5,10H2,1-2H3. The maximum Gasteiger partial charge on any atom is 0.416 e. The first-order valence-corrected chi connectivity index (χ1v) is 7.29. The Labute approximate surface area is 118 Å². The summed E-state index contributed by atoms with van der Waals surface area (Å²) < 4.78 is 37.6. The van der Waals surface area contributed by atoms with E-state index in [1.807, 2.05) is 6.92 Å². The van der Waals surface area contributed by atoms with Crippen molar-refractivity contribution in [1.82, 2.24) is 5.32 Å². The number of nitrogens with one attached hydrogen (secondary N) is 1. The second kappa shape index (κ2) is 6.17. The first-order chi connectivity index (χ1) is 9.36. The van der Waals surface area contributed by atoms with Gasteiger partial charge in [-0.25, -0.2) is 0 Å². The predicted molar refractivity (Wildman–Crippen MR) is 74.4 cm³/mol. The molecule has 3 atom stereocenters. The minimum absolute atomic E-state index is 0.0904. The highest BCUT2D eigenvalue weighted by Gasteiger charge is 2.30. The first-order valence-electron chi connectivity index (χ1n) is 7.29. The summed E-state index contributed by atoms with van der Waals surface area (Å²) >= 11 is 0. The van der Waals surface area contributed by atoms with Crippen molar-refractivity contribution >= 4 is 0 Å². The summed E-state index contributed by atoms with van der Waals surface area (Å²) in [6.45, 7) is 4.28. The summed E-state index contributed by atoms with van der Waals surface area (Å²) in [6.07, 6.45) is 0.583. The molecule has 4 heteroatoms. The maximum absolute atomic E-state index is 12.5. The number of hydrogen-bond donors (Lipinski definition) is 1. The van der Waals surface area contributed by atoms with Crippen LogP contribution in [0.4, 0.5) is 13.2 Å². The minimum atomic E-state index is -4.26. The van der Waals surface area contributed by atoms with Crippen LogP contribution in [-0.4, -0.2) is 6.04 Å². The van der Waals surface area contributed by atoms with Crippen molar-refractivity contribution < 1.29 is 13.2 Å². The molecular formula is C16H22F3N. The molecular weight excluding hydrogens is 263 g/mol. The van der Waals surface area contributed by atoms with Gasteiger partial charge < -0.3 is 5.32 Å². The lowest BCUT2D eigenvalue weighted by atomic mass is 9.86. The van der Waals surface area contributed by atoms with Crippen molar-refractivity contribution in [2.75, 3.05) is 0 Å². The van der Waals surface area contributed by atoms with E-state index >= 15 is 0 Å². The Balaban J connectivity index is 1.97. The third-order valence-electron chi connectivity index (χ3n) is 4.16. The summed E-state index contributed by atoms with van der Waals surface area (Å²) in [4.78, 5) is 0. The third-order valence-corrected chi connectivity index (χ3v) is 4.16. The summed E-state index contributed by atoms with van der Waals surface area (Å²) in [5.41, 5.74) is 0.330. The van der Waals surface area contributed by atoms with Crippen LogP contribution in [0.1, 0.15) is 56.7 Å². The quantitative estimate of drug-likeness (QED) is 0.830. The molecule has 0 spiro atoms. The summed E-state index contributed by atoms with van der Waals surface area (Å²) in [6, 6.07) is 6.05. The molecule has 0 saturated heterocycles. The zero-order valence-electron chi connectivity index (χ0n) is 12.0. The molecule has 1 nitrogen and oxygen atoms in total. The topological polar surface area (TPSA) is 12.0 Å². The first kappa shape index (κ1) is 15.4. The van der Waals surface area contributed by atoms with Crippen molar-refractivity contribution in [3.63, 3.8) is 0 Å². The van der Waals surface area contributed by atoms with Crippen LogP contribution in [-0.2, 0) is 6.18 Å². The number of halogens is 3. The molecule has 1 saturated carbocycles. The van der Waals surface area contributed by atoms with E-state index in [-0.39, 0.29) is 6.04 Å². The summed E-state index contributed by atoms with van der Waals surface area (Å²) in [5.74, 6) is 0.737. The minimum Gasteiger partial charge on any atom is -0.307 e. The molecule has 1 aromatic rings. The van der Waals surface area contributed by atoms with Gasteiger partial charge in [0.1, 0.15) is 0 Å². The largest absolute Gasteiger partial charge is 0.416 e. The zero-order chi connectivity index (χ0) is 14.8. The Kier molecular flexibility index (Phi) is 4.74. The number of alkyl halides is 3. The Morgan fingerprint density at radius 3 is 2.35 bits per heavy atom. The van der Waals surface area contributed by atoms with Gasteiger partial charge in [-0.1, -0.05) is 31.9 Å². The molecule has 1 fully saturated rings. The van der Waals surface area contributed by atoms with Crippen LogP contribution in [0, 0.1) is 5.92 Å². The average Bonchev–Trinajstić information content (AvgIpc) is 2.38. The van der Waals surface area contributed by atoms with Crippen molar-refractivity contribution in [2.24, 2.45) is 5.92 Å². The van der Waals surface area contributed by atoms with Gasteiger partial charge in [0.2, 0.25) is 0 Å². The molecule has 0 heterocycles. The van der Waals surface area contributed by atoms with Crippen LogP contribution < -0.4 is 5.32 Å². The zero-order valence-corrected chi connectivity index (χ0v) is 12.0. The third kappa shape index (κ3) is 3.98. The lowest BCUT2D eigenvalue weighted by molar-refractivity contribution is -0.137. The van der Waals surface area contributed by atoms with Crippen molar-refractivity contribution in [3.8, 4) is 0 Å². The summed E-state index contributed by atoms with van der Waals surface area (Å²) in [7, 11) is 0. The molecule has 0 amide bonds. The van der Waals surface area contributed by atoms with Crippen molar-refractivity contribution in [1.29, 1.82) is 0 Å². The van der Waals surface area contributed by atoms with Gasteiger partial charge >= 0.3 is 6.18 Å². The van der Waals surface area contributed by atoms with Crippen LogP contribution in [0.25, 0.3) is 0 Å². The molecule has 1 N–H and O–H groups in total. The average molecular weight is 285 g/mol. The van der Waals surface area contributed by atoms with Crippen molar-refractivity contribution in [3.05, 3.63) is 35.4 Å². The Bertz CT molecular complexity index is 424. The van der Waals surface area contributed by atoms with E-state index in [2.05, 4.69) is 12.2 Å². The maximum atomic E-state index is 12.5. The molecule has 1 aliphatic rings. The fourth-order valence-corrected chi connectivity index (χ4v) is 3.00. The Hall–Kier alpha value is -1.03. The molecule has 0 aliphatic heterocycles. The fourth-order valence-electron chi connectivity index (χ4n) is 3.00. The number of benzene rings is 1. The van der Waals surface area contributed by atoms with Gasteiger partial charge in [0.05, 0.1) is 5.56 Å². The van der Waals surface area contributed by atoms with Gasteiger partial charge in [-0.3, -0.25) is 0 Å². The molecule has 0 radical (unpaired) electrons. The predicted octanol–water partition coefficient (Wildman–Crippen LogP) is 4.93. The highest BCUT2D eigenvalue weighted by atomic mass is 19.4. The van der Waals surface area contributed by atoms with Crippen molar-refractivity contribution in [2.45, 2.75) is 57.8 Å². The smallest absolute Gasteiger partial charge is 0.307 e. The molecule has 0 bridgehead atoms. The number of rotatable bonds is 3. The van der Waals surface area contributed by atoms with E-state index in [0.717, 1.165) is 36.5 Å². The molecule has 112 valence electrons. The van der Waals surface area contributed by atoms with E-state index in [9.17, 15) is 13.2 Å². The molecule has 1 aliphatic carbocycles. The second-order valence-corrected chi connectivity index (χ2v) is 5.98. The molecule has 20 heavy (non-hydrogen) atoms. The van der Waals surface area contributed by atoms with E-state index in [1.165, 1.54) is 12.8 Å². The number of hydrogen-bond acceptors (Lipinski definition) is 1. The van der Waals surface area contributed by atoms with Crippen LogP contribution in [0.3, 0.4) is 0 Å². The molecule has 3 unspecified atom stereocenters. The lowest BCUT2D eigenvalue weighted by Crippen LogP contribution is -2.35. The van der Waals surface area contributed by atoms with Gasteiger partial charge in [0.15, 0.2) is 0 Å². The second-order valence-electron chi connectivity index (χ2n) is 5.98. The van der Waals surface area contributed by atoms with Crippen LogP contribution in [0.2, 0.25) is 0 Å². The van der Waals surface area contributed by atoms with E-state index in [4.69, 9.17) is 0 Å². The van der Waals surface area contributed by atoms with Crippen LogP contribution >= 0.6 is 0 Å². The van der Waals surface area contributed by atoms with Gasteiger partial charge in [0.25, 0.3) is 0 Å². The fraction of sp³-hybridized carbons (Fsp3) is 0.625.